The largest absolute Gasteiger partial charge is 0.455 e. The van der Waals surface area contributed by atoms with Gasteiger partial charge in [0.15, 0.2) is 12.4 Å². The molecule has 7 nitrogen and oxygen atoms in total. The third kappa shape index (κ3) is 3.27. The molecule has 1 aliphatic rings. The molecule has 1 unspecified atom stereocenters. The van der Waals surface area contributed by atoms with E-state index in [2.05, 4.69) is 15.5 Å². The highest BCUT2D eigenvalue weighted by Gasteiger charge is 2.32. The molecule has 8 heteroatoms. The fourth-order valence-electron chi connectivity index (χ4n) is 2.44. The number of hydrogen-bond acceptors (Lipinski definition) is 6. The molecule has 1 aromatic heterocycles. The van der Waals surface area contributed by atoms with Crippen molar-refractivity contribution in [1.29, 1.82) is 0 Å². The van der Waals surface area contributed by atoms with Crippen LogP contribution in [-0.4, -0.2) is 22.0 Å². The van der Waals surface area contributed by atoms with Gasteiger partial charge in [0, 0.05) is 18.0 Å². The third-order valence-electron chi connectivity index (χ3n) is 3.68. The Balaban J connectivity index is 1.72. The highest BCUT2D eigenvalue weighted by Crippen LogP contribution is 2.33. The number of esters is 1. The predicted octanol–water partition coefficient (Wildman–Crippen LogP) is 2.50. The van der Waals surface area contributed by atoms with Gasteiger partial charge in [-0.3, -0.25) is 9.59 Å². The number of aromatic nitrogens is 2. The maximum Gasteiger partial charge on any atom is 0.314 e. The van der Waals surface area contributed by atoms with Crippen molar-refractivity contribution < 1.29 is 23.2 Å². The van der Waals surface area contributed by atoms with Gasteiger partial charge in [-0.05, 0) is 17.7 Å². The molecule has 0 bridgehead atoms. The Labute approximate surface area is 137 Å². The Hall–Kier alpha value is -2.77. The maximum absolute atomic E-state index is 13.3. The van der Waals surface area contributed by atoms with E-state index in [1.165, 1.54) is 18.2 Å². The summed E-state index contributed by atoms with van der Waals surface area (Å²) in [5.41, 5.74) is 0.808. The van der Waals surface area contributed by atoms with Crippen molar-refractivity contribution in [1.82, 2.24) is 10.1 Å². The van der Waals surface area contributed by atoms with Gasteiger partial charge in [-0.15, -0.1) is 0 Å². The van der Waals surface area contributed by atoms with Crippen LogP contribution in [0.4, 0.5) is 10.1 Å². The number of amides is 1. The highest BCUT2D eigenvalue weighted by molar-refractivity contribution is 5.99. The van der Waals surface area contributed by atoms with Gasteiger partial charge < -0.3 is 14.6 Å². The first-order valence-electron chi connectivity index (χ1n) is 7.52. The Kier molecular flexibility index (Phi) is 4.28. The van der Waals surface area contributed by atoms with Crippen molar-refractivity contribution in [3.05, 3.63) is 41.3 Å². The first kappa shape index (κ1) is 16.1. The van der Waals surface area contributed by atoms with Crippen LogP contribution in [0, 0.1) is 5.82 Å². The number of benzene rings is 1. The summed E-state index contributed by atoms with van der Waals surface area (Å²) in [6, 6.07) is 3.89. The van der Waals surface area contributed by atoms with Crippen molar-refractivity contribution in [3.63, 3.8) is 0 Å². The van der Waals surface area contributed by atoms with Gasteiger partial charge in [0.25, 0.3) is 5.89 Å². The maximum atomic E-state index is 13.3. The number of fused-ring (bicyclic) bond motifs is 1. The van der Waals surface area contributed by atoms with Crippen LogP contribution in [0.25, 0.3) is 0 Å². The summed E-state index contributed by atoms with van der Waals surface area (Å²) in [5, 5.41) is 6.33. The van der Waals surface area contributed by atoms with E-state index >= 15 is 0 Å². The first-order valence-corrected chi connectivity index (χ1v) is 7.52. The summed E-state index contributed by atoms with van der Waals surface area (Å²) in [5.74, 6) is -1.43. The van der Waals surface area contributed by atoms with Crippen LogP contribution >= 0.6 is 0 Å². The number of anilines is 1. The lowest BCUT2D eigenvalue weighted by molar-refractivity contribution is -0.148. The minimum absolute atomic E-state index is 0.0570. The van der Waals surface area contributed by atoms with Crippen molar-refractivity contribution in [2.24, 2.45) is 0 Å². The van der Waals surface area contributed by atoms with Gasteiger partial charge in [-0.25, -0.2) is 4.39 Å². The smallest absolute Gasteiger partial charge is 0.314 e. The minimum Gasteiger partial charge on any atom is -0.455 e. The lowest BCUT2D eigenvalue weighted by Crippen LogP contribution is -2.28. The molecule has 2 heterocycles. The van der Waals surface area contributed by atoms with Crippen LogP contribution in [-0.2, 0) is 20.9 Å². The molecule has 1 N–H and O–H groups in total. The van der Waals surface area contributed by atoms with E-state index in [0.29, 0.717) is 11.4 Å². The first-order chi connectivity index (χ1) is 11.4. The standard InChI is InChI=1S/C16H16FN3O4/c1-8(2)15-19-14(24-20-15)7-23-16(22)11-6-13(21)18-12-5-9(17)3-4-10(11)12/h3-5,8,11H,6-7H2,1-2H3,(H,18,21). The SMILES string of the molecule is CC(C)c1noc(COC(=O)C2CC(=O)Nc3cc(F)ccc32)n1. The van der Waals surface area contributed by atoms with E-state index in [-0.39, 0.29) is 36.4 Å². The molecular weight excluding hydrogens is 317 g/mol. The monoisotopic (exact) mass is 333 g/mol. The second-order valence-electron chi connectivity index (χ2n) is 5.85. The minimum atomic E-state index is -0.790. The molecule has 1 amide bonds. The van der Waals surface area contributed by atoms with Gasteiger partial charge in [-0.1, -0.05) is 25.1 Å². The summed E-state index contributed by atoms with van der Waals surface area (Å²) in [6.45, 7) is 3.65. The average Bonchev–Trinajstić information content (AvgIpc) is 3.00. The summed E-state index contributed by atoms with van der Waals surface area (Å²) < 4.78 is 23.5. The van der Waals surface area contributed by atoms with E-state index < -0.39 is 17.7 Å². The van der Waals surface area contributed by atoms with Crippen molar-refractivity contribution >= 4 is 17.6 Å². The van der Waals surface area contributed by atoms with Gasteiger partial charge in [0.05, 0.1) is 5.92 Å². The Morgan fingerprint density at radius 1 is 1.50 bits per heavy atom. The number of rotatable bonds is 4. The summed E-state index contributed by atoms with van der Waals surface area (Å²) in [4.78, 5) is 28.2. The van der Waals surface area contributed by atoms with Crippen molar-refractivity contribution in [2.45, 2.75) is 38.7 Å². The second kappa shape index (κ2) is 6.38. The molecule has 0 fully saturated rings. The molecule has 0 aliphatic carbocycles. The quantitative estimate of drug-likeness (QED) is 0.864. The Morgan fingerprint density at radius 3 is 3.00 bits per heavy atom. The molecule has 0 radical (unpaired) electrons. The number of halogens is 1. The zero-order valence-electron chi connectivity index (χ0n) is 13.2. The zero-order valence-corrected chi connectivity index (χ0v) is 13.2. The fourth-order valence-corrected chi connectivity index (χ4v) is 2.44. The topological polar surface area (TPSA) is 94.3 Å². The Bertz CT molecular complexity index is 787. The molecule has 0 saturated carbocycles. The lowest BCUT2D eigenvalue weighted by Gasteiger charge is -2.23. The number of ether oxygens (including phenoxy) is 1. The Morgan fingerprint density at radius 2 is 2.29 bits per heavy atom. The molecule has 1 atom stereocenters. The van der Waals surface area contributed by atoms with Crippen LogP contribution < -0.4 is 5.32 Å². The van der Waals surface area contributed by atoms with Gasteiger partial charge in [0.1, 0.15) is 5.82 Å². The molecule has 126 valence electrons. The molecule has 3 rings (SSSR count). The molecule has 24 heavy (non-hydrogen) atoms. The number of hydrogen-bond donors (Lipinski definition) is 1. The molecule has 0 spiro atoms. The normalized spacial score (nSPS) is 16.7. The van der Waals surface area contributed by atoms with Gasteiger partial charge in [-0.2, -0.15) is 4.98 Å². The van der Waals surface area contributed by atoms with Gasteiger partial charge in [0.2, 0.25) is 5.91 Å². The van der Waals surface area contributed by atoms with E-state index in [1.54, 1.807) is 0 Å². The highest BCUT2D eigenvalue weighted by atomic mass is 19.1. The van der Waals surface area contributed by atoms with Crippen molar-refractivity contribution in [3.8, 4) is 0 Å². The van der Waals surface area contributed by atoms with Crippen LogP contribution in [0.2, 0.25) is 0 Å². The number of carbonyl (C=O) groups excluding carboxylic acids is 2. The van der Waals surface area contributed by atoms with Crippen LogP contribution in [0.5, 0.6) is 0 Å². The third-order valence-corrected chi connectivity index (χ3v) is 3.68. The van der Waals surface area contributed by atoms with Crippen molar-refractivity contribution in [2.75, 3.05) is 5.32 Å². The molecular formula is C16H16FN3O4. The summed E-state index contributed by atoms with van der Waals surface area (Å²) >= 11 is 0. The lowest BCUT2D eigenvalue weighted by atomic mass is 9.90. The number of carbonyl (C=O) groups is 2. The van der Waals surface area contributed by atoms with Crippen LogP contribution in [0.15, 0.2) is 22.7 Å². The van der Waals surface area contributed by atoms with E-state index in [4.69, 9.17) is 9.26 Å². The van der Waals surface area contributed by atoms with E-state index in [0.717, 1.165) is 0 Å². The summed E-state index contributed by atoms with van der Waals surface area (Å²) in [7, 11) is 0. The average molecular weight is 333 g/mol. The molecule has 0 saturated heterocycles. The molecule has 1 aliphatic heterocycles. The number of nitrogens with zero attached hydrogens (tertiary/aromatic N) is 2. The molecule has 2 aromatic rings. The summed E-state index contributed by atoms with van der Waals surface area (Å²) in [6.07, 6.45) is -0.0570. The van der Waals surface area contributed by atoms with E-state index in [9.17, 15) is 14.0 Å². The molecule has 1 aromatic carbocycles. The second-order valence-corrected chi connectivity index (χ2v) is 5.85. The number of nitrogens with one attached hydrogen (secondary N) is 1. The van der Waals surface area contributed by atoms with E-state index in [1.807, 2.05) is 13.8 Å². The fraction of sp³-hybridized carbons (Fsp3) is 0.375. The zero-order chi connectivity index (χ0) is 17.3. The van der Waals surface area contributed by atoms with Gasteiger partial charge >= 0.3 is 5.97 Å². The van der Waals surface area contributed by atoms with Crippen LogP contribution in [0.3, 0.4) is 0 Å². The van der Waals surface area contributed by atoms with Crippen LogP contribution in [0.1, 0.15) is 49.4 Å². The predicted molar refractivity (Wildman–Crippen MR) is 80.6 cm³/mol.